The number of rotatable bonds is 6. The van der Waals surface area contributed by atoms with Crippen molar-refractivity contribution in [1.82, 2.24) is 19.7 Å². The second-order valence-corrected chi connectivity index (χ2v) is 9.67. The molecule has 5 rings (SSSR count). The molecule has 1 saturated heterocycles. The van der Waals surface area contributed by atoms with E-state index in [1.807, 2.05) is 11.8 Å². The number of likely N-dealkylation sites (tertiary alicyclic amines) is 1. The Morgan fingerprint density at radius 2 is 1.63 bits per heavy atom. The van der Waals surface area contributed by atoms with Crippen molar-refractivity contribution in [3.05, 3.63) is 77.1 Å². The summed E-state index contributed by atoms with van der Waals surface area (Å²) < 4.78 is 2.37. The monoisotopic (exact) mass is 418 g/mol. The Morgan fingerprint density at radius 1 is 0.833 bits per heavy atom. The Morgan fingerprint density at radius 3 is 2.50 bits per heavy atom. The number of aromatic nitrogens is 3. The highest BCUT2D eigenvalue weighted by Crippen LogP contribution is 2.43. The molecule has 0 saturated carbocycles. The molecule has 1 fully saturated rings. The number of piperidine rings is 1. The van der Waals surface area contributed by atoms with Crippen LogP contribution in [0.2, 0.25) is 0 Å². The largest absolute Gasteiger partial charge is 0.300 e. The van der Waals surface area contributed by atoms with Crippen molar-refractivity contribution in [2.75, 3.05) is 13.1 Å². The molecule has 2 aromatic carbocycles. The van der Waals surface area contributed by atoms with Gasteiger partial charge in [0.15, 0.2) is 5.16 Å². The number of hydrogen-bond acceptors (Lipinski definition) is 4. The Labute approximate surface area is 183 Å². The van der Waals surface area contributed by atoms with Gasteiger partial charge in [-0.1, -0.05) is 72.8 Å². The Balaban J connectivity index is 1.42. The summed E-state index contributed by atoms with van der Waals surface area (Å²) in [6.07, 6.45) is 7.61. The lowest BCUT2D eigenvalue weighted by Gasteiger charge is -2.26. The lowest BCUT2D eigenvalue weighted by Crippen LogP contribution is -2.30. The number of thioether (sulfide) groups is 1. The molecule has 1 aliphatic heterocycles. The summed E-state index contributed by atoms with van der Waals surface area (Å²) in [5, 5.41) is 10.9. The maximum Gasteiger partial charge on any atom is 0.192 e. The zero-order valence-corrected chi connectivity index (χ0v) is 18.4. The molecular formula is C25H30N4S. The van der Waals surface area contributed by atoms with Crippen LogP contribution in [0.25, 0.3) is 0 Å². The van der Waals surface area contributed by atoms with Crippen LogP contribution in [0.1, 0.15) is 59.9 Å². The van der Waals surface area contributed by atoms with E-state index in [0.717, 1.165) is 24.1 Å². The number of aryl methyl sites for hydroxylation is 1. The quantitative estimate of drug-likeness (QED) is 0.531. The molecule has 0 amide bonds. The molecule has 1 unspecified atom stereocenters. The molecule has 1 aromatic heterocycles. The van der Waals surface area contributed by atoms with Gasteiger partial charge in [0.25, 0.3) is 0 Å². The lowest BCUT2D eigenvalue weighted by atomic mass is 9.91. The zero-order valence-electron chi connectivity index (χ0n) is 17.5. The average Bonchev–Trinajstić information content (AvgIpc) is 3.16. The summed E-state index contributed by atoms with van der Waals surface area (Å²) in [5.41, 5.74) is 4.30. The smallest absolute Gasteiger partial charge is 0.192 e. The summed E-state index contributed by atoms with van der Waals surface area (Å²) in [7, 11) is 0. The van der Waals surface area contributed by atoms with Crippen LogP contribution in [0, 0.1) is 0 Å². The summed E-state index contributed by atoms with van der Waals surface area (Å²) >= 11 is 1.91. The van der Waals surface area contributed by atoms with Crippen molar-refractivity contribution in [3.63, 3.8) is 0 Å². The molecule has 4 nitrogen and oxygen atoms in total. The van der Waals surface area contributed by atoms with E-state index in [2.05, 4.69) is 69.2 Å². The van der Waals surface area contributed by atoms with Crippen molar-refractivity contribution < 1.29 is 0 Å². The summed E-state index contributed by atoms with van der Waals surface area (Å²) in [5.74, 6) is 1.10. The van der Waals surface area contributed by atoms with E-state index in [-0.39, 0.29) is 0 Å². The van der Waals surface area contributed by atoms with Crippen LogP contribution in [-0.2, 0) is 19.5 Å². The molecule has 0 bridgehead atoms. The highest BCUT2D eigenvalue weighted by Gasteiger charge is 2.25. The van der Waals surface area contributed by atoms with E-state index in [4.69, 9.17) is 5.10 Å². The van der Waals surface area contributed by atoms with Crippen LogP contribution in [0.15, 0.2) is 59.8 Å². The van der Waals surface area contributed by atoms with Gasteiger partial charge < -0.3 is 4.57 Å². The predicted molar refractivity (Wildman–Crippen MR) is 123 cm³/mol. The second kappa shape index (κ2) is 9.36. The van der Waals surface area contributed by atoms with E-state index in [0.29, 0.717) is 5.25 Å². The molecule has 2 aliphatic rings. The second-order valence-electron chi connectivity index (χ2n) is 8.50. The van der Waals surface area contributed by atoms with Gasteiger partial charge in [0, 0.05) is 5.25 Å². The lowest BCUT2D eigenvalue weighted by molar-refractivity contribution is 0.213. The molecule has 0 spiro atoms. The minimum absolute atomic E-state index is 0.469. The number of fused-ring (bicyclic) bond motifs is 1. The summed E-state index contributed by atoms with van der Waals surface area (Å²) in [4.78, 5) is 2.54. The number of benzene rings is 2. The van der Waals surface area contributed by atoms with E-state index >= 15 is 0 Å². The molecule has 0 N–H and O–H groups in total. The van der Waals surface area contributed by atoms with E-state index < -0.39 is 0 Å². The molecular weight excluding hydrogens is 388 g/mol. The van der Waals surface area contributed by atoms with Gasteiger partial charge in [-0.25, -0.2) is 0 Å². The molecule has 1 aliphatic carbocycles. The zero-order chi connectivity index (χ0) is 20.2. The van der Waals surface area contributed by atoms with Crippen molar-refractivity contribution in [2.45, 2.75) is 62.0 Å². The van der Waals surface area contributed by atoms with E-state index in [1.54, 1.807) is 0 Å². The third-order valence-electron chi connectivity index (χ3n) is 6.35. The van der Waals surface area contributed by atoms with Gasteiger partial charge in [-0.15, -0.1) is 10.2 Å². The minimum Gasteiger partial charge on any atom is -0.300 e. The Bertz CT molecular complexity index is 962. The summed E-state index contributed by atoms with van der Waals surface area (Å²) in [6, 6.07) is 19.7. The Hall–Kier alpha value is -2.11. The number of hydrogen-bond donors (Lipinski definition) is 0. The fourth-order valence-electron chi connectivity index (χ4n) is 4.72. The van der Waals surface area contributed by atoms with Gasteiger partial charge in [0.1, 0.15) is 5.82 Å². The first-order valence-corrected chi connectivity index (χ1v) is 12.2. The van der Waals surface area contributed by atoms with Crippen LogP contribution in [0.4, 0.5) is 0 Å². The first kappa shape index (κ1) is 19.8. The molecule has 156 valence electrons. The normalized spacial score (nSPS) is 19.5. The maximum absolute atomic E-state index is 4.69. The van der Waals surface area contributed by atoms with Gasteiger partial charge >= 0.3 is 0 Å². The number of nitrogens with zero attached hydrogens (tertiary/aromatic N) is 4. The third kappa shape index (κ3) is 4.47. The first-order valence-electron chi connectivity index (χ1n) is 11.3. The van der Waals surface area contributed by atoms with Crippen molar-refractivity contribution >= 4 is 11.8 Å². The highest BCUT2D eigenvalue weighted by atomic mass is 32.2. The SMILES string of the molecule is c1ccc(Cn2c(CN3CCCCC3)nnc2SC2CCCc3ccccc32)cc1. The van der Waals surface area contributed by atoms with Gasteiger partial charge in [-0.3, -0.25) is 4.90 Å². The fraction of sp³-hybridized carbons (Fsp3) is 0.440. The maximum atomic E-state index is 4.69. The standard InChI is InChI=1S/C25H30N4S/c1-3-10-20(11-4-1)18-29-24(19-28-16-7-2-8-17-28)26-27-25(29)30-23-15-9-13-21-12-5-6-14-22(21)23/h1,3-6,10-12,14,23H,2,7-9,13,15-19H2. The van der Waals surface area contributed by atoms with Crippen molar-refractivity contribution in [3.8, 4) is 0 Å². The third-order valence-corrected chi connectivity index (χ3v) is 7.64. The van der Waals surface area contributed by atoms with E-state index in [9.17, 15) is 0 Å². The highest BCUT2D eigenvalue weighted by molar-refractivity contribution is 7.99. The predicted octanol–water partition coefficient (Wildman–Crippen LogP) is 5.48. The van der Waals surface area contributed by atoms with Crippen LogP contribution >= 0.6 is 11.8 Å². The average molecular weight is 419 g/mol. The molecule has 5 heteroatoms. The van der Waals surface area contributed by atoms with Crippen molar-refractivity contribution in [1.29, 1.82) is 0 Å². The molecule has 0 radical (unpaired) electrons. The van der Waals surface area contributed by atoms with Gasteiger partial charge in [0.05, 0.1) is 13.1 Å². The molecule has 1 atom stereocenters. The van der Waals surface area contributed by atoms with Gasteiger partial charge in [0.2, 0.25) is 0 Å². The fourth-order valence-corrected chi connectivity index (χ4v) is 6.01. The summed E-state index contributed by atoms with van der Waals surface area (Å²) in [6.45, 7) is 4.10. The molecule has 3 aromatic rings. The van der Waals surface area contributed by atoms with Gasteiger partial charge in [-0.2, -0.15) is 0 Å². The van der Waals surface area contributed by atoms with Crippen LogP contribution in [0.5, 0.6) is 0 Å². The topological polar surface area (TPSA) is 34.0 Å². The van der Waals surface area contributed by atoms with Crippen LogP contribution in [0.3, 0.4) is 0 Å². The van der Waals surface area contributed by atoms with Gasteiger partial charge in [-0.05, 0) is 61.9 Å². The van der Waals surface area contributed by atoms with Crippen LogP contribution < -0.4 is 0 Å². The first-order chi connectivity index (χ1) is 14.9. The molecule has 2 heterocycles. The minimum atomic E-state index is 0.469. The molecule has 30 heavy (non-hydrogen) atoms. The van der Waals surface area contributed by atoms with E-state index in [1.165, 1.54) is 68.3 Å². The van der Waals surface area contributed by atoms with Crippen molar-refractivity contribution in [2.24, 2.45) is 0 Å². The Kier molecular flexibility index (Phi) is 6.18. The van der Waals surface area contributed by atoms with Crippen LogP contribution in [-0.4, -0.2) is 32.8 Å².